The molecular weight excluding hydrogens is 358 g/mol. The van der Waals surface area contributed by atoms with Crippen molar-refractivity contribution in [1.29, 1.82) is 0 Å². The van der Waals surface area contributed by atoms with Crippen molar-refractivity contribution in [3.63, 3.8) is 0 Å². The fourth-order valence-corrected chi connectivity index (χ4v) is 3.02. The third-order valence-corrected chi connectivity index (χ3v) is 4.50. The molecule has 6 nitrogen and oxygen atoms in total. The zero-order chi connectivity index (χ0) is 19.2. The quantitative estimate of drug-likeness (QED) is 0.572. The summed E-state index contributed by atoms with van der Waals surface area (Å²) in [5.41, 5.74) is 1.90. The Morgan fingerprint density at radius 1 is 1.11 bits per heavy atom. The maximum absolute atomic E-state index is 12.3. The van der Waals surface area contributed by atoms with Crippen LogP contribution in [-0.2, 0) is 16.1 Å². The van der Waals surface area contributed by atoms with Crippen LogP contribution in [-0.4, -0.2) is 30.4 Å². The molecule has 144 valence electrons. The van der Waals surface area contributed by atoms with Gasteiger partial charge < -0.3 is 18.7 Å². The molecule has 0 amide bonds. The summed E-state index contributed by atoms with van der Waals surface area (Å²) >= 11 is 0. The minimum Gasteiger partial charge on any atom is -0.491 e. The van der Waals surface area contributed by atoms with Gasteiger partial charge in [0.1, 0.15) is 24.7 Å². The van der Waals surface area contributed by atoms with Gasteiger partial charge in [-0.2, -0.15) is 0 Å². The van der Waals surface area contributed by atoms with E-state index in [1.165, 1.54) is 0 Å². The van der Waals surface area contributed by atoms with Crippen LogP contribution in [0.5, 0.6) is 5.75 Å². The maximum atomic E-state index is 12.3. The summed E-state index contributed by atoms with van der Waals surface area (Å²) in [6.45, 7) is 1.31. The van der Waals surface area contributed by atoms with Crippen LogP contribution in [0.15, 0.2) is 65.2 Å². The first-order valence-corrected chi connectivity index (χ1v) is 9.30. The zero-order valence-corrected chi connectivity index (χ0v) is 15.4. The Hall–Kier alpha value is -3.12. The van der Waals surface area contributed by atoms with Gasteiger partial charge in [0.05, 0.1) is 11.7 Å². The van der Waals surface area contributed by atoms with Gasteiger partial charge in [-0.3, -0.25) is 0 Å². The average Bonchev–Trinajstić information content (AvgIpc) is 3.43. The highest BCUT2D eigenvalue weighted by molar-refractivity contribution is 5.89. The van der Waals surface area contributed by atoms with E-state index in [1.807, 2.05) is 36.4 Å². The van der Waals surface area contributed by atoms with Crippen LogP contribution in [0.2, 0.25) is 0 Å². The Morgan fingerprint density at radius 2 is 2.00 bits per heavy atom. The third kappa shape index (κ3) is 4.58. The second kappa shape index (κ2) is 8.71. The number of hydrogen-bond donors (Lipinski definition) is 0. The number of carbonyl (C=O) groups is 1. The average molecular weight is 379 g/mol. The molecule has 1 aromatic heterocycles. The number of rotatable bonds is 7. The van der Waals surface area contributed by atoms with Crippen molar-refractivity contribution in [1.82, 2.24) is 5.16 Å². The van der Waals surface area contributed by atoms with Gasteiger partial charge in [0, 0.05) is 18.2 Å². The Kier molecular flexibility index (Phi) is 5.68. The van der Waals surface area contributed by atoms with E-state index >= 15 is 0 Å². The van der Waals surface area contributed by atoms with Gasteiger partial charge in [-0.05, 0) is 31.0 Å². The van der Waals surface area contributed by atoms with Crippen LogP contribution in [0.25, 0.3) is 11.3 Å². The molecule has 6 heteroatoms. The number of ether oxygens (including phenoxy) is 3. The monoisotopic (exact) mass is 379 g/mol. The van der Waals surface area contributed by atoms with E-state index in [2.05, 4.69) is 5.16 Å². The molecule has 1 fully saturated rings. The molecule has 1 aliphatic heterocycles. The highest BCUT2D eigenvalue weighted by Gasteiger charge is 2.17. The van der Waals surface area contributed by atoms with Crippen LogP contribution < -0.4 is 4.74 Å². The molecule has 0 spiro atoms. The molecular formula is C22H21NO5. The molecule has 4 rings (SSSR count). The van der Waals surface area contributed by atoms with E-state index < -0.39 is 5.97 Å². The van der Waals surface area contributed by atoms with E-state index in [0.29, 0.717) is 29.4 Å². The standard InChI is InChI=1S/C22H21NO5/c24-22(17-8-4-9-19(12-17)26-15-20-10-5-11-25-20)27-14-18-13-21(28-23-18)16-6-2-1-3-7-16/h1-4,6-9,12-13,20H,5,10-11,14-15H2/t20-/m1/s1. The summed E-state index contributed by atoms with van der Waals surface area (Å²) in [6, 6.07) is 18.4. The van der Waals surface area contributed by atoms with Gasteiger partial charge in [-0.25, -0.2) is 4.79 Å². The summed E-state index contributed by atoms with van der Waals surface area (Å²) in [7, 11) is 0. The Balaban J connectivity index is 1.32. The lowest BCUT2D eigenvalue weighted by atomic mass is 10.2. The van der Waals surface area contributed by atoms with Crippen molar-refractivity contribution in [2.75, 3.05) is 13.2 Å². The summed E-state index contributed by atoms with van der Waals surface area (Å²) in [5, 5.41) is 3.96. The number of nitrogens with zero attached hydrogens (tertiary/aromatic N) is 1. The second-order valence-electron chi connectivity index (χ2n) is 6.60. The van der Waals surface area contributed by atoms with Gasteiger partial charge >= 0.3 is 5.97 Å². The number of benzene rings is 2. The minimum absolute atomic E-state index is 0.0379. The largest absolute Gasteiger partial charge is 0.491 e. The van der Waals surface area contributed by atoms with Gasteiger partial charge in [0.2, 0.25) is 0 Å². The fourth-order valence-electron chi connectivity index (χ4n) is 3.02. The smallest absolute Gasteiger partial charge is 0.338 e. The molecule has 0 aliphatic carbocycles. The first kappa shape index (κ1) is 18.3. The van der Waals surface area contributed by atoms with Crippen LogP contribution in [0.1, 0.15) is 28.9 Å². The molecule has 0 bridgehead atoms. The highest BCUT2D eigenvalue weighted by atomic mass is 16.5. The third-order valence-electron chi connectivity index (χ3n) is 4.50. The maximum Gasteiger partial charge on any atom is 0.338 e. The first-order valence-electron chi connectivity index (χ1n) is 9.30. The number of esters is 1. The van der Waals surface area contributed by atoms with Crippen molar-refractivity contribution in [3.8, 4) is 17.1 Å². The fraction of sp³-hybridized carbons (Fsp3) is 0.273. The van der Waals surface area contributed by atoms with E-state index in [1.54, 1.807) is 24.3 Å². The molecule has 2 heterocycles. The van der Waals surface area contributed by atoms with E-state index in [0.717, 1.165) is 25.0 Å². The van der Waals surface area contributed by atoms with E-state index in [-0.39, 0.29) is 12.7 Å². The SMILES string of the molecule is O=C(OCc1cc(-c2ccccc2)on1)c1cccc(OC[C@H]2CCCO2)c1. The normalized spacial score (nSPS) is 16.1. The topological polar surface area (TPSA) is 70.8 Å². The first-order chi connectivity index (χ1) is 13.8. The van der Waals surface area contributed by atoms with Crippen LogP contribution in [0.3, 0.4) is 0 Å². The van der Waals surface area contributed by atoms with Crippen molar-refractivity contribution >= 4 is 5.97 Å². The molecule has 0 unspecified atom stereocenters. The number of hydrogen-bond acceptors (Lipinski definition) is 6. The molecule has 0 radical (unpaired) electrons. The Labute approximate surface area is 163 Å². The van der Waals surface area contributed by atoms with Gasteiger partial charge in [-0.15, -0.1) is 0 Å². The van der Waals surface area contributed by atoms with Crippen molar-refractivity contribution in [2.24, 2.45) is 0 Å². The molecule has 0 N–H and O–H groups in total. The predicted molar refractivity (Wildman–Crippen MR) is 102 cm³/mol. The summed E-state index contributed by atoms with van der Waals surface area (Å²) in [4.78, 5) is 12.3. The number of aromatic nitrogens is 1. The Bertz CT molecular complexity index is 915. The summed E-state index contributed by atoms with van der Waals surface area (Å²) in [5.74, 6) is 0.820. The van der Waals surface area contributed by atoms with Gasteiger partial charge in [-0.1, -0.05) is 41.6 Å². The second-order valence-corrected chi connectivity index (χ2v) is 6.60. The van der Waals surface area contributed by atoms with Crippen molar-refractivity contribution < 1.29 is 23.5 Å². The van der Waals surface area contributed by atoms with Crippen LogP contribution in [0.4, 0.5) is 0 Å². The van der Waals surface area contributed by atoms with E-state index in [9.17, 15) is 4.79 Å². The Morgan fingerprint density at radius 3 is 2.82 bits per heavy atom. The van der Waals surface area contributed by atoms with Gasteiger partial charge in [0.15, 0.2) is 5.76 Å². The molecule has 1 atom stereocenters. The van der Waals surface area contributed by atoms with Gasteiger partial charge in [0.25, 0.3) is 0 Å². The molecule has 3 aromatic rings. The lowest BCUT2D eigenvalue weighted by Crippen LogP contribution is -2.16. The van der Waals surface area contributed by atoms with Crippen molar-refractivity contribution in [2.45, 2.75) is 25.6 Å². The lowest BCUT2D eigenvalue weighted by Gasteiger charge is -2.12. The lowest BCUT2D eigenvalue weighted by molar-refractivity contribution is 0.0463. The zero-order valence-electron chi connectivity index (χ0n) is 15.4. The van der Waals surface area contributed by atoms with Crippen LogP contribution in [0, 0.1) is 0 Å². The molecule has 1 aliphatic rings. The summed E-state index contributed by atoms with van der Waals surface area (Å²) < 4.78 is 21.9. The molecule has 1 saturated heterocycles. The number of carbonyl (C=O) groups excluding carboxylic acids is 1. The van der Waals surface area contributed by atoms with E-state index in [4.69, 9.17) is 18.7 Å². The minimum atomic E-state index is -0.438. The summed E-state index contributed by atoms with van der Waals surface area (Å²) in [6.07, 6.45) is 2.19. The molecule has 2 aromatic carbocycles. The predicted octanol–water partition coefficient (Wildman–Crippen LogP) is 4.26. The van der Waals surface area contributed by atoms with Crippen molar-refractivity contribution in [3.05, 3.63) is 71.9 Å². The molecule has 28 heavy (non-hydrogen) atoms. The molecule has 0 saturated carbocycles. The highest BCUT2D eigenvalue weighted by Crippen LogP contribution is 2.21. The van der Waals surface area contributed by atoms with Crippen LogP contribution >= 0.6 is 0 Å².